The molecule has 2 amide bonds. The molecule has 0 bridgehead atoms. The first-order chi connectivity index (χ1) is 10.4. The molecule has 2 aliphatic rings. The summed E-state index contributed by atoms with van der Waals surface area (Å²) in [5.41, 5.74) is 2.66. The lowest BCUT2D eigenvalue weighted by atomic mass is 9.88. The molecular weight excluding hydrogens is 320 g/mol. The highest BCUT2D eigenvalue weighted by Gasteiger charge is 2.37. The fourth-order valence-electron chi connectivity index (χ4n) is 3.02. The topological polar surface area (TPSA) is 58.6 Å². The summed E-state index contributed by atoms with van der Waals surface area (Å²) in [6.07, 6.45) is 0.599. The van der Waals surface area contributed by atoms with Gasteiger partial charge in [-0.15, -0.1) is 0 Å². The highest BCUT2D eigenvalue weighted by Crippen LogP contribution is 2.45. The second kappa shape index (κ2) is 5.55. The summed E-state index contributed by atoms with van der Waals surface area (Å²) in [4.78, 5) is 26.0. The summed E-state index contributed by atoms with van der Waals surface area (Å²) >= 11 is 6.43. The fourth-order valence-corrected chi connectivity index (χ4v) is 4.29. The van der Waals surface area contributed by atoms with E-state index in [0.29, 0.717) is 16.5 Å². The molecule has 0 aromatic heterocycles. The summed E-state index contributed by atoms with van der Waals surface area (Å²) in [6.45, 7) is 1.90. The number of methoxy groups -OCH3 is 1. The molecule has 2 heterocycles. The Bertz CT molecular complexity index is 690. The summed E-state index contributed by atoms with van der Waals surface area (Å²) in [5.74, 6) is 0.480. The van der Waals surface area contributed by atoms with E-state index >= 15 is 0 Å². The van der Waals surface area contributed by atoms with Crippen LogP contribution >= 0.6 is 24.0 Å². The van der Waals surface area contributed by atoms with Crippen LogP contribution in [-0.4, -0.2) is 30.3 Å². The maximum atomic E-state index is 12.3. The predicted octanol–water partition coefficient (Wildman–Crippen LogP) is 2.04. The minimum atomic E-state index is -0.360. The third kappa shape index (κ3) is 2.28. The Labute approximate surface area is 138 Å². The molecule has 116 valence electrons. The van der Waals surface area contributed by atoms with Crippen LogP contribution in [0.3, 0.4) is 0 Å². The normalized spacial score (nSPS) is 24.3. The lowest BCUT2D eigenvalue weighted by molar-refractivity contribution is -0.122. The number of anilines is 1. The van der Waals surface area contributed by atoms with Crippen molar-refractivity contribution in [2.45, 2.75) is 18.6 Å². The van der Waals surface area contributed by atoms with Crippen LogP contribution in [0.25, 0.3) is 0 Å². The average molecular weight is 336 g/mol. The van der Waals surface area contributed by atoms with Gasteiger partial charge in [0.1, 0.15) is 15.3 Å². The number of amides is 2. The van der Waals surface area contributed by atoms with Crippen molar-refractivity contribution >= 4 is 45.8 Å². The lowest BCUT2D eigenvalue weighted by Gasteiger charge is -2.33. The third-order valence-corrected chi connectivity index (χ3v) is 5.48. The zero-order valence-electron chi connectivity index (χ0n) is 12.5. The number of nitrogens with one attached hydrogen (secondary N) is 1. The van der Waals surface area contributed by atoms with E-state index in [-0.39, 0.29) is 23.0 Å². The Morgan fingerprint density at radius 3 is 2.73 bits per heavy atom. The molecule has 7 heteroatoms. The van der Waals surface area contributed by atoms with E-state index in [1.54, 1.807) is 19.1 Å². The molecule has 2 aliphatic heterocycles. The van der Waals surface area contributed by atoms with Gasteiger partial charge in [0.2, 0.25) is 11.8 Å². The molecule has 22 heavy (non-hydrogen) atoms. The van der Waals surface area contributed by atoms with Gasteiger partial charge in [0.05, 0.1) is 12.8 Å². The molecule has 2 atom stereocenters. The largest absolute Gasteiger partial charge is 0.495 e. The minimum absolute atomic E-state index is 0.0574. The van der Waals surface area contributed by atoms with Gasteiger partial charge in [-0.25, -0.2) is 0 Å². The maximum Gasteiger partial charge on any atom is 0.243 e. The molecule has 0 radical (unpaired) electrons. The van der Waals surface area contributed by atoms with Crippen molar-refractivity contribution < 1.29 is 14.3 Å². The number of hydrogen-bond donors (Lipinski definition) is 1. The predicted molar refractivity (Wildman–Crippen MR) is 90.3 cm³/mol. The second-order valence-electron chi connectivity index (χ2n) is 5.46. The molecule has 3 rings (SSSR count). The molecule has 0 saturated carbocycles. The van der Waals surface area contributed by atoms with E-state index in [9.17, 15) is 9.59 Å². The molecule has 1 aromatic rings. The smallest absolute Gasteiger partial charge is 0.243 e. The molecule has 5 nitrogen and oxygen atoms in total. The van der Waals surface area contributed by atoms with Gasteiger partial charge in [-0.3, -0.25) is 9.59 Å². The number of nitrogens with zero attached hydrogens (tertiary/aromatic N) is 1. The number of rotatable bonds is 2. The maximum absolute atomic E-state index is 12.3. The van der Waals surface area contributed by atoms with Crippen molar-refractivity contribution in [3.63, 3.8) is 0 Å². The standard InChI is InChI=1S/C15H16N2O3S2/c1-7-6-9-8(12-13(18)16-15(21)22-12)4-5-10(20-3)11(9)17(2)14(7)19/h4-5,7,12H,6H2,1-3H3,(H,16,18,21). The van der Waals surface area contributed by atoms with Crippen LogP contribution < -0.4 is 15.0 Å². The number of thioether (sulfide) groups is 1. The van der Waals surface area contributed by atoms with Crippen molar-refractivity contribution in [2.24, 2.45) is 5.92 Å². The lowest BCUT2D eigenvalue weighted by Crippen LogP contribution is -2.38. The zero-order valence-corrected chi connectivity index (χ0v) is 14.1. The average Bonchev–Trinajstić information content (AvgIpc) is 2.82. The van der Waals surface area contributed by atoms with Crippen LogP contribution in [0.1, 0.15) is 23.3 Å². The highest BCUT2D eigenvalue weighted by atomic mass is 32.2. The van der Waals surface area contributed by atoms with Gasteiger partial charge in [-0.05, 0) is 23.6 Å². The van der Waals surface area contributed by atoms with Crippen LogP contribution in [0.15, 0.2) is 12.1 Å². The van der Waals surface area contributed by atoms with Gasteiger partial charge in [0.15, 0.2) is 0 Å². The van der Waals surface area contributed by atoms with Crippen LogP contribution in [0, 0.1) is 5.92 Å². The van der Waals surface area contributed by atoms with E-state index in [1.807, 2.05) is 19.1 Å². The first-order valence-corrected chi connectivity index (χ1v) is 8.21. The number of benzene rings is 1. The Hall–Kier alpha value is -1.60. The summed E-state index contributed by atoms with van der Waals surface area (Å²) in [7, 11) is 3.33. The first-order valence-electron chi connectivity index (χ1n) is 6.92. The minimum Gasteiger partial charge on any atom is -0.495 e. The van der Waals surface area contributed by atoms with Crippen molar-refractivity contribution in [3.8, 4) is 5.75 Å². The van der Waals surface area contributed by atoms with E-state index in [1.165, 1.54) is 11.8 Å². The Balaban J connectivity index is 2.16. The number of carbonyl (C=O) groups is 2. The molecule has 1 saturated heterocycles. The summed E-state index contributed by atoms with van der Waals surface area (Å²) in [5, 5.41) is 2.32. The number of thiocarbonyl (C=S) groups is 1. The number of ether oxygens (including phenoxy) is 1. The highest BCUT2D eigenvalue weighted by molar-refractivity contribution is 8.24. The number of hydrogen-bond acceptors (Lipinski definition) is 5. The summed E-state index contributed by atoms with van der Waals surface area (Å²) < 4.78 is 5.90. The zero-order chi connectivity index (χ0) is 16.0. The molecule has 0 spiro atoms. The number of carbonyl (C=O) groups excluding carboxylic acids is 2. The van der Waals surface area contributed by atoms with Gasteiger partial charge < -0.3 is 15.0 Å². The van der Waals surface area contributed by atoms with Gasteiger partial charge in [-0.2, -0.15) is 0 Å². The van der Waals surface area contributed by atoms with E-state index in [0.717, 1.165) is 16.8 Å². The van der Waals surface area contributed by atoms with Gasteiger partial charge >= 0.3 is 0 Å². The molecule has 0 aliphatic carbocycles. The van der Waals surface area contributed by atoms with Crippen molar-refractivity contribution in [1.29, 1.82) is 0 Å². The molecule has 2 unspecified atom stereocenters. The van der Waals surface area contributed by atoms with E-state index in [4.69, 9.17) is 17.0 Å². The molecule has 1 aromatic carbocycles. The van der Waals surface area contributed by atoms with Crippen molar-refractivity contribution in [2.75, 3.05) is 19.1 Å². The Morgan fingerprint density at radius 2 is 2.14 bits per heavy atom. The molecule has 1 N–H and O–H groups in total. The number of fused-ring (bicyclic) bond motifs is 1. The van der Waals surface area contributed by atoms with Gasteiger partial charge in [0, 0.05) is 13.0 Å². The van der Waals surface area contributed by atoms with Gasteiger partial charge in [-0.1, -0.05) is 37.0 Å². The van der Waals surface area contributed by atoms with Crippen LogP contribution in [0.5, 0.6) is 5.75 Å². The van der Waals surface area contributed by atoms with Crippen LogP contribution in [-0.2, 0) is 16.0 Å². The van der Waals surface area contributed by atoms with Gasteiger partial charge in [0.25, 0.3) is 0 Å². The fraction of sp³-hybridized carbons (Fsp3) is 0.400. The third-order valence-electron chi connectivity index (χ3n) is 4.07. The second-order valence-corrected chi connectivity index (χ2v) is 7.24. The van der Waals surface area contributed by atoms with E-state index < -0.39 is 0 Å². The summed E-state index contributed by atoms with van der Waals surface area (Å²) in [6, 6.07) is 3.71. The monoisotopic (exact) mass is 336 g/mol. The van der Waals surface area contributed by atoms with E-state index in [2.05, 4.69) is 5.32 Å². The Kier molecular flexibility index (Phi) is 3.86. The SMILES string of the molecule is COc1ccc(C2SC(=S)NC2=O)c2c1N(C)C(=O)C(C)C2. The van der Waals surface area contributed by atoms with Crippen molar-refractivity contribution in [1.82, 2.24) is 5.32 Å². The molecular formula is C15H16N2O3S2. The quantitative estimate of drug-likeness (QED) is 0.838. The Morgan fingerprint density at radius 1 is 1.41 bits per heavy atom. The van der Waals surface area contributed by atoms with Crippen molar-refractivity contribution in [3.05, 3.63) is 23.3 Å². The first kappa shape index (κ1) is 15.3. The van der Waals surface area contributed by atoms with Crippen LogP contribution in [0.2, 0.25) is 0 Å². The van der Waals surface area contributed by atoms with Crippen LogP contribution in [0.4, 0.5) is 5.69 Å². The molecule has 1 fully saturated rings.